The van der Waals surface area contributed by atoms with Crippen molar-refractivity contribution < 1.29 is 9.47 Å². The molecule has 2 aromatic carbocycles. The zero-order valence-corrected chi connectivity index (χ0v) is 10.8. The van der Waals surface area contributed by atoms with Gasteiger partial charge < -0.3 is 15.2 Å². The van der Waals surface area contributed by atoms with Gasteiger partial charge in [0.15, 0.2) is 0 Å². The van der Waals surface area contributed by atoms with Gasteiger partial charge in [-0.25, -0.2) is 0 Å². The SMILES string of the molecule is COCCOc1c([C@H](C)N)ccc2ccccc12. The highest BCUT2D eigenvalue weighted by atomic mass is 16.5. The second-order valence-corrected chi connectivity index (χ2v) is 4.33. The molecule has 0 amide bonds. The van der Waals surface area contributed by atoms with E-state index in [1.165, 1.54) is 0 Å². The largest absolute Gasteiger partial charge is 0.490 e. The minimum atomic E-state index is -0.0489. The van der Waals surface area contributed by atoms with Gasteiger partial charge in [-0.2, -0.15) is 0 Å². The highest BCUT2D eigenvalue weighted by molar-refractivity contribution is 5.89. The van der Waals surface area contributed by atoms with Crippen molar-refractivity contribution in [2.75, 3.05) is 20.3 Å². The number of nitrogens with two attached hydrogens (primary N) is 1. The quantitative estimate of drug-likeness (QED) is 0.824. The minimum absolute atomic E-state index is 0.0489. The summed E-state index contributed by atoms with van der Waals surface area (Å²) in [7, 11) is 1.67. The van der Waals surface area contributed by atoms with E-state index in [4.69, 9.17) is 15.2 Å². The lowest BCUT2D eigenvalue weighted by atomic mass is 10.0. The van der Waals surface area contributed by atoms with Crippen molar-refractivity contribution in [3.05, 3.63) is 42.0 Å². The Morgan fingerprint density at radius 1 is 1.11 bits per heavy atom. The number of fused-ring (bicyclic) bond motifs is 1. The molecule has 0 saturated carbocycles. The lowest BCUT2D eigenvalue weighted by Crippen LogP contribution is -2.11. The van der Waals surface area contributed by atoms with Crippen molar-refractivity contribution in [2.24, 2.45) is 5.73 Å². The number of rotatable bonds is 5. The lowest BCUT2D eigenvalue weighted by Gasteiger charge is -2.16. The molecule has 0 radical (unpaired) electrons. The maximum atomic E-state index is 6.00. The molecule has 3 nitrogen and oxygen atoms in total. The highest BCUT2D eigenvalue weighted by Gasteiger charge is 2.11. The maximum Gasteiger partial charge on any atom is 0.131 e. The zero-order valence-electron chi connectivity index (χ0n) is 10.8. The second-order valence-electron chi connectivity index (χ2n) is 4.33. The van der Waals surface area contributed by atoms with Crippen LogP contribution in [0.25, 0.3) is 10.8 Å². The van der Waals surface area contributed by atoms with Crippen LogP contribution in [0.5, 0.6) is 5.75 Å². The van der Waals surface area contributed by atoms with E-state index >= 15 is 0 Å². The Morgan fingerprint density at radius 2 is 1.89 bits per heavy atom. The molecule has 0 heterocycles. The third kappa shape index (κ3) is 2.63. The second kappa shape index (κ2) is 5.85. The molecule has 0 aliphatic carbocycles. The molecule has 0 saturated heterocycles. The Labute approximate surface area is 108 Å². The highest BCUT2D eigenvalue weighted by Crippen LogP contribution is 2.32. The molecular weight excluding hydrogens is 226 g/mol. The fourth-order valence-electron chi connectivity index (χ4n) is 2.01. The van der Waals surface area contributed by atoms with Gasteiger partial charge in [-0.05, 0) is 12.3 Å². The fourth-order valence-corrected chi connectivity index (χ4v) is 2.01. The van der Waals surface area contributed by atoms with Crippen molar-refractivity contribution in [3.63, 3.8) is 0 Å². The van der Waals surface area contributed by atoms with E-state index in [1.807, 2.05) is 25.1 Å². The molecule has 0 unspecified atom stereocenters. The van der Waals surface area contributed by atoms with Crippen molar-refractivity contribution in [1.29, 1.82) is 0 Å². The fraction of sp³-hybridized carbons (Fsp3) is 0.333. The van der Waals surface area contributed by atoms with Gasteiger partial charge in [0.25, 0.3) is 0 Å². The van der Waals surface area contributed by atoms with Gasteiger partial charge in [-0.15, -0.1) is 0 Å². The van der Waals surface area contributed by atoms with Crippen LogP contribution in [-0.4, -0.2) is 20.3 Å². The summed E-state index contributed by atoms with van der Waals surface area (Å²) in [6.07, 6.45) is 0. The molecule has 0 aliphatic rings. The summed E-state index contributed by atoms with van der Waals surface area (Å²) >= 11 is 0. The standard InChI is InChI=1S/C15H19NO2/c1-11(16)13-8-7-12-5-3-4-6-14(12)15(13)18-10-9-17-2/h3-8,11H,9-10,16H2,1-2H3/t11-/m0/s1. The van der Waals surface area contributed by atoms with Crippen LogP contribution in [-0.2, 0) is 4.74 Å². The van der Waals surface area contributed by atoms with Gasteiger partial charge in [0.1, 0.15) is 12.4 Å². The normalized spacial score (nSPS) is 12.6. The van der Waals surface area contributed by atoms with Crippen molar-refractivity contribution in [3.8, 4) is 5.75 Å². The van der Waals surface area contributed by atoms with E-state index in [0.29, 0.717) is 13.2 Å². The van der Waals surface area contributed by atoms with E-state index in [-0.39, 0.29) is 6.04 Å². The van der Waals surface area contributed by atoms with Crippen LogP contribution in [0.4, 0.5) is 0 Å². The minimum Gasteiger partial charge on any atom is -0.490 e. The van der Waals surface area contributed by atoms with Gasteiger partial charge in [0.2, 0.25) is 0 Å². The molecule has 0 fully saturated rings. The first-order valence-corrected chi connectivity index (χ1v) is 6.13. The van der Waals surface area contributed by atoms with Crippen LogP contribution in [0, 0.1) is 0 Å². The molecular formula is C15H19NO2. The molecule has 18 heavy (non-hydrogen) atoms. The summed E-state index contributed by atoms with van der Waals surface area (Å²) < 4.78 is 10.9. The molecule has 0 aliphatic heterocycles. The molecule has 2 rings (SSSR count). The third-order valence-electron chi connectivity index (χ3n) is 2.93. The van der Waals surface area contributed by atoms with Gasteiger partial charge in [-0.1, -0.05) is 36.4 Å². The summed E-state index contributed by atoms with van der Waals surface area (Å²) in [5.41, 5.74) is 7.03. The molecule has 1 atom stereocenters. The average molecular weight is 245 g/mol. The maximum absolute atomic E-state index is 6.00. The van der Waals surface area contributed by atoms with E-state index in [9.17, 15) is 0 Å². The Bertz CT molecular complexity index is 523. The molecule has 96 valence electrons. The third-order valence-corrected chi connectivity index (χ3v) is 2.93. The van der Waals surface area contributed by atoms with Gasteiger partial charge in [0, 0.05) is 24.1 Å². The average Bonchev–Trinajstić information content (AvgIpc) is 2.38. The Hall–Kier alpha value is -1.58. The molecule has 3 heteroatoms. The Morgan fingerprint density at radius 3 is 2.61 bits per heavy atom. The van der Waals surface area contributed by atoms with Crippen LogP contribution < -0.4 is 10.5 Å². The van der Waals surface area contributed by atoms with Crippen LogP contribution in [0.15, 0.2) is 36.4 Å². The first-order valence-electron chi connectivity index (χ1n) is 6.13. The number of hydrogen-bond acceptors (Lipinski definition) is 3. The first-order chi connectivity index (χ1) is 8.74. The van der Waals surface area contributed by atoms with E-state index in [0.717, 1.165) is 22.1 Å². The molecule has 2 aromatic rings. The van der Waals surface area contributed by atoms with Gasteiger partial charge >= 0.3 is 0 Å². The van der Waals surface area contributed by atoms with Gasteiger partial charge in [-0.3, -0.25) is 0 Å². The zero-order chi connectivity index (χ0) is 13.0. The Kier molecular flexibility index (Phi) is 4.18. The van der Waals surface area contributed by atoms with Crippen LogP contribution in [0.3, 0.4) is 0 Å². The monoisotopic (exact) mass is 245 g/mol. The van der Waals surface area contributed by atoms with E-state index in [1.54, 1.807) is 7.11 Å². The summed E-state index contributed by atoms with van der Waals surface area (Å²) in [6, 6.07) is 12.2. The van der Waals surface area contributed by atoms with Crippen molar-refractivity contribution >= 4 is 10.8 Å². The summed E-state index contributed by atoms with van der Waals surface area (Å²) in [5, 5.41) is 2.26. The number of benzene rings is 2. The van der Waals surface area contributed by atoms with Crippen LogP contribution >= 0.6 is 0 Å². The summed E-state index contributed by atoms with van der Waals surface area (Å²) in [6.45, 7) is 3.07. The Balaban J connectivity index is 2.45. The number of hydrogen-bond donors (Lipinski definition) is 1. The van der Waals surface area contributed by atoms with Crippen LogP contribution in [0.2, 0.25) is 0 Å². The lowest BCUT2D eigenvalue weighted by molar-refractivity contribution is 0.146. The van der Waals surface area contributed by atoms with Crippen LogP contribution in [0.1, 0.15) is 18.5 Å². The summed E-state index contributed by atoms with van der Waals surface area (Å²) in [5.74, 6) is 0.875. The van der Waals surface area contributed by atoms with Gasteiger partial charge in [0.05, 0.1) is 6.61 Å². The predicted octanol–water partition coefficient (Wildman–Crippen LogP) is 2.88. The smallest absolute Gasteiger partial charge is 0.131 e. The van der Waals surface area contributed by atoms with Crippen molar-refractivity contribution in [1.82, 2.24) is 0 Å². The van der Waals surface area contributed by atoms with E-state index in [2.05, 4.69) is 18.2 Å². The van der Waals surface area contributed by atoms with E-state index < -0.39 is 0 Å². The molecule has 0 spiro atoms. The molecule has 2 N–H and O–H groups in total. The molecule has 0 bridgehead atoms. The molecule has 0 aromatic heterocycles. The summed E-state index contributed by atoms with van der Waals surface area (Å²) in [4.78, 5) is 0. The van der Waals surface area contributed by atoms with Crippen molar-refractivity contribution in [2.45, 2.75) is 13.0 Å². The number of ether oxygens (including phenoxy) is 2. The predicted molar refractivity (Wildman–Crippen MR) is 73.9 cm³/mol. The number of methoxy groups -OCH3 is 1. The topological polar surface area (TPSA) is 44.5 Å². The first kappa shape index (κ1) is 12.9.